The highest BCUT2D eigenvalue weighted by atomic mass is 14.8. The summed E-state index contributed by atoms with van der Waals surface area (Å²) < 4.78 is 0. The van der Waals surface area contributed by atoms with Gasteiger partial charge in [-0.25, -0.2) is 4.98 Å². The van der Waals surface area contributed by atoms with Crippen molar-refractivity contribution in [3.63, 3.8) is 0 Å². The first kappa shape index (κ1) is 8.56. The molecule has 0 unspecified atom stereocenters. The summed E-state index contributed by atoms with van der Waals surface area (Å²) in [6.45, 7) is 0. The summed E-state index contributed by atoms with van der Waals surface area (Å²) in [6.07, 6.45) is 1.66. The lowest BCUT2D eigenvalue weighted by Crippen LogP contribution is -1.95. The summed E-state index contributed by atoms with van der Waals surface area (Å²) >= 11 is 0. The highest BCUT2D eigenvalue weighted by Gasteiger charge is 2.04. The molecule has 1 heterocycles. The third-order valence-electron chi connectivity index (χ3n) is 2.09. The van der Waals surface area contributed by atoms with Gasteiger partial charge in [-0.15, -0.1) is 0 Å². The fraction of sp³-hybridized carbons (Fsp3) is 0. The number of hydrogen-bond acceptors (Lipinski definition) is 3. The van der Waals surface area contributed by atoms with Gasteiger partial charge >= 0.3 is 0 Å². The molecule has 0 aliphatic heterocycles. The van der Waals surface area contributed by atoms with Crippen LogP contribution >= 0.6 is 0 Å². The van der Waals surface area contributed by atoms with Gasteiger partial charge in [0, 0.05) is 23.0 Å². The average Bonchev–Trinajstić information content (AvgIpc) is 2.20. The van der Waals surface area contributed by atoms with Crippen molar-refractivity contribution < 1.29 is 0 Å². The van der Waals surface area contributed by atoms with Crippen molar-refractivity contribution in [1.29, 1.82) is 0 Å². The van der Waals surface area contributed by atoms with E-state index >= 15 is 0 Å². The lowest BCUT2D eigenvalue weighted by molar-refractivity contribution is 1.34. The normalized spacial score (nSPS) is 10.0. The van der Waals surface area contributed by atoms with Crippen LogP contribution in [0.2, 0.25) is 0 Å². The molecule has 2 aromatic rings. The second-order valence-electron chi connectivity index (χ2n) is 3.02. The lowest BCUT2D eigenvalue weighted by atomic mass is 10.1. The van der Waals surface area contributed by atoms with E-state index in [-0.39, 0.29) is 0 Å². The Labute approximate surface area is 82.4 Å². The van der Waals surface area contributed by atoms with Gasteiger partial charge in [0.2, 0.25) is 0 Å². The average molecular weight is 185 g/mol. The number of benzene rings is 1. The molecular weight excluding hydrogens is 174 g/mol. The maximum atomic E-state index is 5.84. The predicted octanol–water partition coefficient (Wildman–Crippen LogP) is 1.91. The van der Waals surface area contributed by atoms with Crippen LogP contribution in [0.5, 0.6) is 0 Å². The highest BCUT2D eigenvalue weighted by molar-refractivity contribution is 5.82. The molecule has 0 aliphatic rings. The summed E-state index contributed by atoms with van der Waals surface area (Å²) in [4.78, 5) is 4.02. The first-order valence-corrected chi connectivity index (χ1v) is 4.34. The van der Waals surface area contributed by atoms with Crippen LogP contribution in [0, 0.1) is 0 Å². The molecule has 4 N–H and O–H groups in total. The van der Waals surface area contributed by atoms with Gasteiger partial charge in [0.1, 0.15) is 5.82 Å². The van der Waals surface area contributed by atoms with Gasteiger partial charge < -0.3 is 11.5 Å². The molecule has 14 heavy (non-hydrogen) atoms. The quantitative estimate of drug-likeness (QED) is 0.667. The summed E-state index contributed by atoms with van der Waals surface area (Å²) in [5, 5.41) is 0. The molecule has 0 aliphatic carbocycles. The lowest BCUT2D eigenvalue weighted by Gasteiger charge is -2.06. The fourth-order valence-corrected chi connectivity index (χ4v) is 1.39. The Hall–Kier alpha value is -2.03. The van der Waals surface area contributed by atoms with Crippen LogP contribution in [-0.4, -0.2) is 4.98 Å². The van der Waals surface area contributed by atoms with Gasteiger partial charge in [-0.05, 0) is 18.2 Å². The summed E-state index contributed by atoms with van der Waals surface area (Å²) in [6, 6.07) is 11.4. The zero-order valence-electron chi connectivity index (χ0n) is 7.64. The van der Waals surface area contributed by atoms with E-state index in [0.29, 0.717) is 11.5 Å². The number of rotatable bonds is 1. The molecule has 1 aromatic heterocycles. The van der Waals surface area contributed by atoms with Crippen molar-refractivity contribution >= 4 is 11.5 Å². The van der Waals surface area contributed by atoms with E-state index in [9.17, 15) is 0 Å². The SMILES string of the molecule is Nc1ccccc1-c1cccnc1N. The summed E-state index contributed by atoms with van der Waals surface area (Å²) in [5.74, 6) is 0.505. The van der Waals surface area contributed by atoms with Crippen LogP contribution in [0.3, 0.4) is 0 Å². The molecule has 0 bridgehead atoms. The molecule has 0 atom stereocenters. The molecule has 0 saturated heterocycles. The number of anilines is 2. The van der Waals surface area contributed by atoms with Crippen molar-refractivity contribution in [2.75, 3.05) is 11.5 Å². The Balaban J connectivity index is 2.61. The fourth-order valence-electron chi connectivity index (χ4n) is 1.39. The molecule has 0 fully saturated rings. The molecular formula is C11H11N3. The minimum absolute atomic E-state index is 0.505. The number of nitrogens with zero attached hydrogens (tertiary/aromatic N) is 1. The second kappa shape index (κ2) is 3.38. The molecule has 3 heteroatoms. The minimum atomic E-state index is 0.505. The van der Waals surface area contributed by atoms with Crippen LogP contribution in [0.1, 0.15) is 0 Å². The van der Waals surface area contributed by atoms with E-state index in [2.05, 4.69) is 4.98 Å². The number of hydrogen-bond donors (Lipinski definition) is 2. The van der Waals surface area contributed by atoms with Gasteiger partial charge in [-0.1, -0.05) is 18.2 Å². The van der Waals surface area contributed by atoms with Gasteiger partial charge in [0.15, 0.2) is 0 Å². The number of para-hydroxylation sites is 1. The van der Waals surface area contributed by atoms with Crippen LogP contribution in [-0.2, 0) is 0 Å². The second-order valence-corrected chi connectivity index (χ2v) is 3.02. The maximum Gasteiger partial charge on any atom is 0.131 e. The largest absolute Gasteiger partial charge is 0.398 e. The molecule has 0 saturated carbocycles. The van der Waals surface area contributed by atoms with E-state index in [1.165, 1.54) is 0 Å². The minimum Gasteiger partial charge on any atom is -0.398 e. The first-order chi connectivity index (χ1) is 6.79. The van der Waals surface area contributed by atoms with Crippen molar-refractivity contribution in [1.82, 2.24) is 4.98 Å². The summed E-state index contributed by atoms with van der Waals surface area (Å²) in [5.41, 5.74) is 14.1. The van der Waals surface area contributed by atoms with Crippen molar-refractivity contribution in [3.8, 4) is 11.1 Å². The smallest absolute Gasteiger partial charge is 0.131 e. The third-order valence-corrected chi connectivity index (χ3v) is 2.09. The Morgan fingerprint density at radius 2 is 1.57 bits per heavy atom. The van der Waals surface area contributed by atoms with E-state index in [4.69, 9.17) is 11.5 Å². The van der Waals surface area contributed by atoms with Crippen LogP contribution in [0.4, 0.5) is 11.5 Å². The van der Waals surface area contributed by atoms with Crippen LogP contribution in [0.25, 0.3) is 11.1 Å². The van der Waals surface area contributed by atoms with Crippen molar-refractivity contribution in [2.45, 2.75) is 0 Å². The van der Waals surface area contributed by atoms with Crippen molar-refractivity contribution in [2.24, 2.45) is 0 Å². The predicted molar refractivity (Wildman–Crippen MR) is 58.5 cm³/mol. The highest BCUT2D eigenvalue weighted by Crippen LogP contribution is 2.28. The zero-order chi connectivity index (χ0) is 9.97. The summed E-state index contributed by atoms with van der Waals surface area (Å²) in [7, 11) is 0. The van der Waals surface area contributed by atoms with Gasteiger partial charge in [0.25, 0.3) is 0 Å². The van der Waals surface area contributed by atoms with E-state index < -0.39 is 0 Å². The zero-order valence-corrected chi connectivity index (χ0v) is 7.64. The molecule has 0 amide bonds. The monoisotopic (exact) mass is 185 g/mol. The number of nitrogens with two attached hydrogens (primary N) is 2. The Morgan fingerprint density at radius 3 is 2.29 bits per heavy atom. The first-order valence-electron chi connectivity index (χ1n) is 4.34. The topological polar surface area (TPSA) is 64.9 Å². The van der Waals surface area contributed by atoms with Crippen LogP contribution < -0.4 is 11.5 Å². The van der Waals surface area contributed by atoms with E-state index in [1.807, 2.05) is 36.4 Å². The molecule has 2 rings (SSSR count). The molecule has 3 nitrogen and oxygen atoms in total. The van der Waals surface area contributed by atoms with Gasteiger partial charge in [0.05, 0.1) is 0 Å². The molecule has 70 valence electrons. The van der Waals surface area contributed by atoms with Gasteiger partial charge in [-0.3, -0.25) is 0 Å². The number of aromatic nitrogens is 1. The van der Waals surface area contributed by atoms with Crippen molar-refractivity contribution in [3.05, 3.63) is 42.6 Å². The van der Waals surface area contributed by atoms with Crippen LogP contribution in [0.15, 0.2) is 42.6 Å². The molecule has 0 radical (unpaired) electrons. The maximum absolute atomic E-state index is 5.84. The van der Waals surface area contributed by atoms with Gasteiger partial charge in [-0.2, -0.15) is 0 Å². The number of nitrogen functional groups attached to an aromatic ring is 2. The third kappa shape index (κ3) is 1.40. The Bertz CT molecular complexity index is 408. The van der Waals surface area contributed by atoms with E-state index in [1.54, 1.807) is 6.20 Å². The van der Waals surface area contributed by atoms with E-state index in [0.717, 1.165) is 11.1 Å². The Kier molecular flexibility index (Phi) is 2.07. The Morgan fingerprint density at radius 1 is 0.857 bits per heavy atom. The molecule has 0 spiro atoms. The standard InChI is InChI=1S/C11H11N3/c12-10-6-2-1-4-8(10)9-5-3-7-14-11(9)13/h1-7H,12H2,(H2,13,14). The molecule has 1 aromatic carbocycles. The number of pyridine rings is 1.